The largest absolute Gasteiger partial charge is 0.442 e. The van der Waals surface area contributed by atoms with Gasteiger partial charge in [-0.25, -0.2) is 4.98 Å². The monoisotopic (exact) mass is 272 g/mol. The van der Waals surface area contributed by atoms with Crippen LogP contribution in [0.5, 0.6) is 0 Å². The Hall–Kier alpha value is -2.43. The van der Waals surface area contributed by atoms with Crippen LogP contribution in [0.4, 0.5) is 0 Å². The predicted molar refractivity (Wildman–Crippen MR) is 73.2 cm³/mol. The van der Waals surface area contributed by atoms with Crippen LogP contribution >= 0.6 is 0 Å². The predicted octanol–water partition coefficient (Wildman–Crippen LogP) is 1.99. The maximum absolute atomic E-state index is 12.4. The Bertz CT molecular complexity index is 566. The second kappa shape index (κ2) is 6.14. The number of amides is 1. The van der Waals surface area contributed by atoms with E-state index in [1.165, 1.54) is 12.5 Å². The summed E-state index contributed by atoms with van der Waals surface area (Å²) in [6.07, 6.45) is 4.42. The number of carbonyl (C=O) groups is 2. The zero-order chi connectivity index (χ0) is 14.4. The maximum Gasteiger partial charge on any atom is 0.265 e. The molecular formula is C15H16N2O3. The number of benzene rings is 1. The standard InChI is InChI=1S/C15H16N2O3/c1-15(17-11-18,13(19)14-16-9-10-20-14)8-7-12-5-3-2-4-6-12/h2-6,9-11H,7-8H2,1H3,(H,17,18)/t15-/m0/s1. The minimum atomic E-state index is -1.03. The number of ketones is 1. The van der Waals surface area contributed by atoms with Crippen LogP contribution in [0.1, 0.15) is 29.6 Å². The number of aryl methyl sites for hydroxylation is 1. The molecule has 0 spiro atoms. The highest BCUT2D eigenvalue weighted by Crippen LogP contribution is 2.19. The summed E-state index contributed by atoms with van der Waals surface area (Å²) in [6, 6.07) is 9.78. The molecule has 0 unspecified atom stereocenters. The van der Waals surface area contributed by atoms with E-state index >= 15 is 0 Å². The number of nitrogens with zero attached hydrogens (tertiary/aromatic N) is 1. The number of oxazole rings is 1. The van der Waals surface area contributed by atoms with E-state index in [1.54, 1.807) is 6.92 Å². The molecule has 2 aromatic rings. The third-order valence-electron chi connectivity index (χ3n) is 3.26. The first-order valence-corrected chi connectivity index (χ1v) is 6.35. The summed E-state index contributed by atoms with van der Waals surface area (Å²) < 4.78 is 5.02. The summed E-state index contributed by atoms with van der Waals surface area (Å²) in [5.41, 5.74) is 0.0780. The van der Waals surface area contributed by atoms with E-state index < -0.39 is 5.54 Å². The van der Waals surface area contributed by atoms with Crippen LogP contribution in [0.2, 0.25) is 0 Å². The van der Waals surface area contributed by atoms with E-state index in [9.17, 15) is 9.59 Å². The molecule has 0 bridgehead atoms. The summed E-state index contributed by atoms with van der Waals surface area (Å²) in [4.78, 5) is 27.0. The quantitative estimate of drug-likeness (QED) is 0.618. The molecule has 1 aromatic carbocycles. The smallest absolute Gasteiger partial charge is 0.265 e. The Morgan fingerprint density at radius 2 is 2.15 bits per heavy atom. The van der Waals surface area contributed by atoms with Gasteiger partial charge in [0.1, 0.15) is 11.8 Å². The lowest BCUT2D eigenvalue weighted by Crippen LogP contribution is -2.49. The highest BCUT2D eigenvalue weighted by Gasteiger charge is 2.35. The Kier molecular flexibility index (Phi) is 4.30. The molecule has 0 aliphatic carbocycles. The van der Waals surface area contributed by atoms with Gasteiger partial charge in [0.25, 0.3) is 5.89 Å². The number of hydrogen-bond acceptors (Lipinski definition) is 4. The summed E-state index contributed by atoms with van der Waals surface area (Å²) in [6.45, 7) is 1.68. The number of rotatable bonds is 7. The van der Waals surface area contributed by atoms with E-state index in [0.29, 0.717) is 19.3 Å². The molecule has 104 valence electrons. The number of hydrogen-bond donors (Lipinski definition) is 1. The molecule has 1 atom stereocenters. The molecule has 0 aliphatic heterocycles. The van der Waals surface area contributed by atoms with E-state index in [1.807, 2.05) is 30.3 Å². The molecule has 0 saturated carbocycles. The molecule has 2 rings (SSSR count). The van der Waals surface area contributed by atoms with Gasteiger partial charge in [0, 0.05) is 0 Å². The van der Waals surface area contributed by atoms with Crippen molar-refractivity contribution in [3.8, 4) is 0 Å². The Balaban J connectivity index is 2.13. The fourth-order valence-corrected chi connectivity index (χ4v) is 1.99. The highest BCUT2D eigenvalue weighted by atomic mass is 16.3. The van der Waals surface area contributed by atoms with Gasteiger partial charge in [-0.15, -0.1) is 0 Å². The fourth-order valence-electron chi connectivity index (χ4n) is 1.99. The number of aromatic nitrogens is 1. The average molecular weight is 272 g/mol. The second-order valence-corrected chi connectivity index (χ2v) is 4.75. The minimum Gasteiger partial charge on any atom is -0.442 e. The SMILES string of the molecule is C[C@@](CCc1ccccc1)(NC=O)C(=O)c1ncco1. The Labute approximate surface area is 117 Å². The third kappa shape index (κ3) is 3.12. The van der Waals surface area contributed by atoms with Crippen LogP contribution in [0, 0.1) is 0 Å². The van der Waals surface area contributed by atoms with Gasteiger partial charge in [-0.2, -0.15) is 0 Å². The van der Waals surface area contributed by atoms with Crippen molar-refractivity contribution in [1.82, 2.24) is 10.3 Å². The minimum absolute atomic E-state index is 0.00918. The molecular weight excluding hydrogens is 256 g/mol. The van der Waals surface area contributed by atoms with Gasteiger partial charge < -0.3 is 9.73 Å². The van der Waals surface area contributed by atoms with Crippen molar-refractivity contribution < 1.29 is 14.0 Å². The molecule has 20 heavy (non-hydrogen) atoms. The zero-order valence-corrected chi connectivity index (χ0v) is 11.2. The molecule has 1 aromatic heterocycles. The maximum atomic E-state index is 12.4. The van der Waals surface area contributed by atoms with Gasteiger partial charge in [0.2, 0.25) is 12.2 Å². The van der Waals surface area contributed by atoms with E-state index in [-0.39, 0.29) is 11.7 Å². The van der Waals surface area contributed by atoms with Crippen molar-refractivity contribution in [3.05, 3.63) is 54.2 Å². The Morgan fingerprint density at radius 1 is 1.40 bits per heavy atom. The normalized spacial score (nSPS) is 13.4. The molecule has 1 heterocycles. The van der Waals surface area contributed by atoms with Crippen LogP contribution in [0.15, 0.2) is 47.2 Å². The lowest BCUT2D eigenvalue weighted by atomic mass is 9.89. The Morgan fingerprint density at radius 3 is 2.75 bits per heavy atom. The number of carbonyl (C=O) groups excluding carboxylic acids is 2. The fraction of sp³-hybridized carbons (Fsp3) is 0.267. The van der Waals surface area contributed by atoms with Gasteiger partial charge in [0.15, 0.2) is 0 Å². The summed E-state index contributed by atoms with van der Waals surface area (Å²) in [5.74, 6) is -0.319. The molecule has 0 aliphatic rings. The van der Waals surface area contributed by atoms with Gasteiger partial charge in [0.05, 0.1) is 6.20 Å². The van der Waals surface area contributed by atoms with Crippen LogP contribution in [0.3, 0.4) is 0 Å². The van der Waals surface area contributed by atoms with Gasteiger partial charge >= 0.3 is 0 Å². The molecule has 5 heteroatoms. The molecule has 0 saturated heterocycles. The van der Waals surface area contributed by atoms with Crippen LogP contribution in [0.25, 0.3) is 0 Å². The van der Waals surface area contributed by atoms with Gasteiger partial charge in [-0.3, -0.25) is 9.59 Å². The van der Waals surface area contributed by atoms with Crippen LogP contribution in [-0.4, -0.2) is 22.7 Å². The summed E-state index contributed by atoms with van der Waals surface area (Å²) in [7, 11) is 0. The topological polar surface area (TPSA) is 72.2 Å². The van der Waals surface area contributed by atoms with Crippen molar-refractivity contribution in [2.45, 2.75) is 25.3 Å². The summed E-state index contributed by atoms with van der Waals surface area (Å²) in [5, 5.41) is 2.59. The molecule has 0 radical (unpaired) electrons. The lowest BCUT2D eigenvalue weighted by Gasteiger charge is -2.26. The van der Waals surface area contributed by atoms with Gasteiger partial charge in [-0.05, 0) is 25.3 Å². The van der Waals surface area contributed by atoms with E-state index in [4.69, 9.17) is 4.42 Å². The van der Waals surface area contributed by atoms with E-state index in [2.05, 4.69) is 10.3 Å². The first-order chi connectivity index (χ1) is 9.65. The highest BCUT2D eigenvalue weighted by molar-refractivity contribution is 6.00. The summed E-state index contributed by atoms with van der Waals surface area (Å²) >= 11 is 0. The van der Waals surface area contributed by atoms with Crippen molar-refractivity contribution in [2.24, 2.45) is 0 Å². The molecule has 5 nitrogen and oxygen atoms in total. The van der Waals surface area contributed by atoms with Gasteiger partial charge in [-0.1, -0.05) is 30.3 Å². The van der Waals surface area contributed by atoms with Crippen molar-refractivity contribution in [1.29, 1.82) is 0 Å². The van der Waals surface area contributed by atoms with Crippen LogP contribution < -0.4 is 5.32 Å². The van der Waals surface area contributed by atoms with Crippen molar-refractivity contribution in [2.75, 3.05) is 0 Å². The first kappa shape index (κ1) is 14.0. The molecule has 1 amide bonds. The van der Waals surface area contributed by atoms with Crippen molar-refractivity contribution >= 4 is 12.2 Å². The first-order valence-electron chi connectivity index (χ1n) is 6.35. The number of nitrogens with one attached hydrogen (secondary N) is 1. The van der Waals surface area contributed by atoms with E-state index in [0.717, 1.165) is 5.56 Å². The number of Topliss-reactive ketones (excluding diaryl/α,β-unsaturated/α-hetero) is 1. The second-order valence-electron chi connectivity index (χ2n) is 4.75. The zero-order valence-electron chi connectivity index (χ0n) is 11.2. The molecule has 1 N–H and O–H groups in total. The average Bonchev–Trinajstić information content (AvgIpc) is 3.00. The van der Waals surface area contributed by atoms with Crippen LogP contribution in [-0.2, 0) is 11.2 Å². The third-order valence-corrected chi connectivity index (χ3v) is 3.26. The lowest BCUT2D eigenvalue weighted by molar-refractivity contribution is -0.110. The van der Waals surface area contributed by atoms with Crippen molar-refractivity contribution in [3.63, 3.8) is 0 Å². The molecule has 0 fully saturated rings.